The van der Waals surface area contributed by atoms with Crippen LogP contribution < -0.4 is 26.2 Å². The topological polar surface area (TPSA) is 142 Å². The normalized spacial score (nSPS) is 24.6. The molecule has 5 amide bonds. The molecule has 0 radical (unpaired) electrons. The fourth-order valence-electron chi connectivity index (χ4n) is 6.44. The molecule has 41 heavy (non-hydrogen) atoms. The number of imide groups is 1. The molecule has 0 aromatic heterocycles. The van der Waals surface area contributed by atoms with Crippen molar-refractivity contribution >= 4 is 58.2 Å². The SMILES string of the molecule is CC(=O)Nc1ccc(N2C(=O)[C@@H]3[C@H](CC(N)=O)N[C@@]4(C(=O)N(Cc5ccccc5Cl)c5ccccc54)[C@@H]3C2=O)cc1. The molecule has 3 heterocycles. The first kappa shape index (κ1) is 26.7. The van der Waals surface area contributed by atoms with Crippen molar-refractivity contribution in [1.29, 1.82) is 0 Å². The smallest absolute Gasteiger partial charge is 0.253 e. The number of carbonyl (C=O) groups is 5. The Hall–Kier alpha value is -4.54. The predicted molar refractivity (Wildman–Crippen MR) is 152 cm³/mol. The summed E-state index contributed by atoms with van der Waals surface area (Å²) in [5.41, 5.74) is 6.61. The molecule has 3 aliphatic heterocycles. The summed E-state index contributed by atoms with van der Waals surface area (Å²) in [5, 5.41) is 6.40. The lowest BCUT2D eigenvalue weighted by atomic mass is 9.76. The maximum Gasteiger partial charge on any atom is 0.253 e. The van der Waals surface area contributed by atoms with Gasteiger partial charge in [-0.15, -0.1) is 0 Å². The zero-order valence-electron chi connectivity index (χ0n) is 22.0. The molecule has 208 valence electrons. The number of anilines is 3. The van der Waals surface area contributed by atoms with Gasteiger partial charge in [0.2, 0.25) is 23.6 Å². The summed E-state index contributed by atoms with van der Waals surface area (Å²) in [4.78, 5) is 68.8. The van der Waals surface area contributed by atoms with Gasteiger partial charge < -0.3 is 16.0 Å². The first-order valence-corrected chi connectivity index (χ1v) is 13.5. The van der Waals surface area contributed by atoms with Gasteiger partial charge in [-0.2, -0.15) is 0 Å². The highest BCUT2D eigenvalue weighted by Gasteiger charge is 2.71. The average Bonchev–Trinajstić information content (AvgIpc) is 3.49. The van der Waals surface area contributed by atoms with Crippen LogP contribution in [0.2, 0.25) is 5.02 Å². The number of para-hydroxylation sites is 1. The maximum absolute atomic E-state index is 14.5. The number of nitrogens with zero attached hydrogens (tertiary/aromatic N) is 2. The van der Waals surface area contributed by atoms with Gasteiger partial charge in [0, 0.05) is 41.3 Å². The summed E-state index contributed by atoms with van der Waals surface area (Å²) >= 11 is 6.43. The minimum absolute atomic E-state index is 0.146. The number of fused-ring (bicyclic) bond motifs is 4. The summed E-state index contributed by atoms with van der Waals surface area (Å²) in [7, 11) is 0. The number of rotatable bonds is 6. The standard InChI is InChI=1S/C30H26ClN5O5/c1-16(37)33-18-10-12-19(13-11-18)36-27(39)25-22(14-24(32)38)34-30(26(25)28(36)40)20-7-3-5-9-23(20)35(29(30)41)15-17-6-2-4-8-21(17)31/h2-13,22,25-26,34H,14-15H2,1H3,(H2,32,38)(H,33,37)/t22-,25+,26-,30+/m0/s1. The van der Waals surface area contributed by atoms with Gasteiger partial charge >= 0.3 is 0 Å². The van der Waals surface area contributed by atoms with Crippen LogP contribution in [0.25, 0.3) is 0 Å². The number of carbonyl (C=O) groups excluding carboxylic acids is 5. The monoisotopic (exact) mass is 571 g/mol. The Morgan fingerprint density at radius 2 is 1.66 bits per heavy atom. The molecule has 10 nitrogen and oxygen atoms in total. The zero-order valence-corrected chi connectivity index (χ0v) is 22.7. The molecule has 11 heteroatoms. The van der Waals surface area contributed by atoms with Crippen LogP contribution in [0.5, 0.6) is 0 Å². The van der Waals surface area contributed by atoms with Crippen LogP contribution in [0.15, 0.2) is 72.8 Å². The Bertz CT molecular complexity index is 1630. The molecule has 2 fully saturated rings. The van der Waals surface area contributed by atoms with E-state index in [2.05, 4.69) is 10.6 Å². The van der Waals surface area contributed by atoms with E-state index in [0.717, 1.165) is 4.90 Å². The van der Waals surface area contributed by atoms with Gasteiger partial charge in [-0.05, 0) is 42.0 Å². The summed E-state index contributed by atoms with van der Waals surface area (Å²) < 4.78 is 0. The van der Waals surface area contributed by atoms with Crippen LogP contribution in [0, 0.1) is 11.8 Å². The van der Waals surface area contributed by atoms with E-state index in [0.29, 0.717) is 33.2 Å². The van der Waals surface area contributed by atoms with Crippen molar-refractivity contribution in [2.75, 3.05) is 15.1 Å². The lowest BCUT2D eigenvalue weighted by molar-refractivity contribution is -0.132. The Balaban J connectivity index is 1.45. The van der Waals surface area contributed by atoms with Gasteiger partial charge in [-0.25, -0.2) is 4.90 Å². The van der Waals surface area contributed by atoms with Crippen LogP contribution in [0.4, 0.5) is 17.1 Å². The van der Waals surface area contributed by atoms with Crippen molar-refractivity contribution in [2.24, 2.45) is 17.6 Å². The fourth-order valence-corrected chi connectivity index (χ4v) is 6.64. The summed E-state index contributed by atoms with van der Waals surface area (Å²) in [5.74, 6) is -4.57. The molecule has 3 aliphatic rings. The van der Waals surface area contributed by atoms with Crippen molar-refractivity contribution < 1.29 is 24.0 Å². The van der Waals surface area contributed by atoms with E-state index in [1.54, 1.807) is 65.6 Å². The fraction of sp³-hybridized carbons (Fsp3) is 0.233. The predicted octanol–water partition coefficient (Wildman–Crippen LogP) is 2.69. The Morgan fingerprint density at radius 1 is 0.976 bits per heavy atom. The molecular formula is C30H26ClN5O5. The first-order chi connectivity index (χ1) is 19.6. The lowest BCUT2D eigenvalue weighted by Crippen LogP contribution is -2.55. The molecule has 0 saturated carbocycles. The van der Waals surface area contributed by atoms with Crippen LogP contribution >= 0.6 is 11.6 Å². The van der Waals surface area contributed by atoms with Crippen LogP contribution in [-0.2, 0) is 36.1 Å². The molecule has 1 spiro atoms. The van der Waals surface area contributed by atoms with Crippen molar-refractivity contribution in [3.63, 3.8) is 0 Å². The van der Waals surface area contributed by atoms with Crippen LogP contribution in [0.3, 0.4) is 0 Å². The molecule has 4 atom stereocenters. The number of primary amides is 1. The van der Waals surface area contributed by atoms with E-state index in [4.69, 9.17) is 17.3 Å². The van der Waals surface area contributed by atoms with E-state index < -0.39 is 47.0 Å². The second kappa shape index (κ2) is 9.83. The lowest BCUT2D eigenvalue weighted by Gasteiger charge is -2.30. The van der Waals surface area contributed by atoms with Gasteiger partial charge in [-0.3, -0.25) is 29.3 Å². The highest BCUT2D eigenvalue weighted by molar-refractivity contribution is 6.31. The number of nitrogens with one attached hydrogen (secondary N) is 2. The Labute approximate surface area is 240 Å². The van der Waals surface area contributed by atoms with Crippen molar-refractivity contribution in [2.45, 2.75) is 31.5 Å². The molecule has 2 saturated heterocycles. The third kappa shape index (κ3) is 4.10. The molecule has 0 bridgehead atoms. The highest BCUT2D eigenvalue weighted by atomic mass is 35.5. The number of benzene rings is 3. The minimum atomic E-state index is -1.60. The molecule has 0 aliphatic carbocycles. The molecule has 3 aromatic carbocycles. The van der Waals surface area contributed by atoms with Crippen LogP contribution in [-0.4, -0.2) is 35.6 Å². The number of hydrogen-bond acceptors (Lipinski definition) is 6. The number of nitrogens with two attached hydrogens (primary N) is 1. The molecule has 0 unspecified atom stereocenters. The summed E-state index contributed by atoms with van der Waals surface area (Å²) in [6.07, 6.45) is -0.239. The minimum Gasteiger partial charge on any atom is -0.370 e. The average molecular weight is 572 g/mol. The van der Waals surface area contributed by atoms with Gasteiger partial charge in [0.15, 0.2) is 0 Å². The van der Waals surface area contributed by atoms with Gasteiger partial charge in [0.25, 0.3) is 5.91 Å². The van der Waals surface area contributed by atoms with E-state index in [1.807, 2.05) is 12.1 Å². The molecular weight excluding hydrogens is 546 g/mol. The van der Waals surface area contributed by atoms with E-state index in [-0.39, 0.29) is 18.9 Å². The van der Waals surface area contributed by atoms with Gasteiger partial charge in [-0.1, -0.05) is 48.0 Å². The maximum atomic E-state index is 14.5. The highest BCUT2D eigenvalue weighted by Crippen LogP contribution is 2.55. The van der Waals surface area contributed by atoms with Gasteiger partial charge in [0.05, 0.1) is 24.1 Å². The van der Waals surface area contributed by atoms with Crippen molar-refractivity contribution in [3.05, 3.63) is 88.9 Å². The zero-order chi connectivity index (χ0) is 29.1. The van der Waals surface area contributed by atoms with E-state index >= 15 is 0 Å². The third-order valence-electron chi connectivity index (χ3n) is 8.02. The van der Waals surface area contributed by atoms with E-state index in [1.165, 1.54) is 6.92 Å². The summed E-state index contributed by atoms with van der Waals surface area (Å²) in [6.45, 7) is 1.52. The van der Waals surface area contributed by atoms with E-state index in [9.17, 15) is 24.0 Å². The number of amides is 5. The second-order valence-electron chi connectivity index (χ2n) is 10.5. The Kier molecular flexibility index (Phi) is 6.39. The van der Waals surface area contributed by atoms with Crippen molar-refractivity contribution in [3.8, 4) is 0 Å². The largest absolute Gasteiger partial charge is 0.370 e. The number of hydrogen-bond donors (Lipinski definition) is 3. The third-order valence-corrected chi connectivity index (χ3v) is 8.39. The van der Waals surface area contributed by atoms with Crippen LogP contribution in [0.1, 0.15) is 24.5 Å². The molecule has 3 aromatic rings. The number of halogens is 1. The molecule has 6 rings (SSSR count). The second-order valence-corrected chi connectivity index (χ2v) is 10.9. The first-order valence-electron chi connectivity index (χ1n) is 13.1. The quantitative estimate of drug-likeness (QED) is 0.388. The molecule has 4 N–H and O–H groups in total. The Morgan fingerprint density at radius 3 is 2.34 bits per heavy atom. The summed E-state index contributed by atoms with van der Waals surface area (Å²) in [6, 6.07) is 19.7. The van der Waals surface area contributed by atoms with Gasteiger partial charge in [0.1, 0.15) is 5.54 Å². The van der Waals surface area contributed by atoms with Crippen molar-refractivity contribution in [1.82, 2.24) is 5.32 Å².